The molecule has 4 nitrogen and oxygen atoms in total. The van der Waals surface area contributed by atoms with Crippen LogP contribution in [0.25, 0.3) is 0 Å². The lowest BCUT2D eigenvalue weighted by Gasteiger charge is -2.24. The standard InChI is InChI=1S/C14H25N3O/c15-8-13(9-5-6-9)17-14(18)12-7-10-3-1-2-4-11(10)16-12/h9-13,16H,1-8,15H2,(H,17,18). The SMILES string of the molecule is NCC(NC(=O)C1CC2CCCCC2N1)C1CC1. The van der Waals surface area contributed by atoms with Crippen LogP contribution in [0.15, 0.2) is 0 Å². The first kappa shape index (κ1) is 12.4. The third-order valence-corrected chi connectivity index (χ3v) is 4.95. The van der Waals surface area contributed by atoms with Gasteiger partial charge in [-0.1, -0.05) is 12.8 Å². The van der Waals surface area contributed by atoms with Crippen molar-refractivity contribution in [2.24, 2.45) is 17.6 Å². The maximum absolute atomic E-state index is 12.3. The average molecular weight is 251 g/mol. The first-order valence-electron chi connectivity index (χ1n) is 7.54. The summed E-state index contributed by atoms with van der Waals surface area (Å²) in [4.78, 5) is 12.3. The molecule has 3 fully saturated rings. The van der Waals surface area contributed by atoms with Crippen LogP contribution in [0.5, 0.6) is 0 Å². The van der Waals surface area contributed by atoms with Crippen LogP contribution in [0.3, 0.4) is 0 Å². The van der Waals surface area contributed by atoms with Crippen molar-refractivity contribution in [2.45, 2.75) is 63.1 Å². The van der Waals surface area contributed by atoms with Gasteiger partial charge in [0, 0.05) is 18.6 Å². The number of nitrogens with one attached hydrogen (secondary N) is 2. The van der Waals surface area contributed by atoms with Crippen molar-refractivity contribution >= 4 is 5.91 Å². The molecule has 3 rings (SSSR count). The Morgan fingerprint density at radius 3 is 2.72 bits per heavy atom. The van der Waals surface area contributed by atoms with Crippen molar-refractivity contribution in [3.63, 3.8) is 0 Å². The van der Waals surface area contributed by atoms with E-state index < -0.39 is 0 Å². The van der Waals surface area contributed by atoms with Crippen LogP contribution in [-0.2, 0) is 4.79 Å². The molecule has 0 aromatic rings. The summed E-state index contributed by atoms with van der Waals surface area (Å²) in [7, 11) is 0. The van der Waals surface area contributed by atoms with E-state index in [4.69, 9.17) is 5.73 Å². The summed E-state index contributed by atoms with van der Waals surface area (Å²) >= 11 is 0. The molecule has 3 aliphatic rings. The molecule has 0 bridgehead atoms. The van der Waals surface area contributed by atoms with Crippen LogP contribution >= 0.6 is 0 Å². The summed E-state index contributed by atoms with van der Waals surface area (Å²) in [6, 6.07) is 0.833. The molecular formula is C14H25N3O. The number of amides is 1. The highest BCUT2D eigenvalue weighted by Gasteiger charge is 2.39. The molecule has 1 amide bonds. The number of hydrogen-bond donors (Lipinski definition) is 3. The molecule has 1 saturated heterocycles. The van der Waals surface area contributed by atoms with E-state index in [1.165, 1.54) is 38.5 Å². The summed E-state index contributed by atoms with van der Waals surface area (Å²) in [6.07, 6.45) is 8.68. The number of nitrogens with two attached hydrogens (primary N) is 1. The molecule has 4 atom stereocenters. The molecular weight excluding hydrogens is 226 g/mol. The summed E-state index contributed by atoms with van der Waals surface area (Å²) < 4.78 is 0. The Kier molecular flexibility index (Phi) is 3.57. The van der Waals surface area contributed by atoms with Gasteiger partial charge in [-0.2, -0.15) is 0 Å². The summed E-state index contributed by atoms with van der Waals surface area (Å²) in [5, 5.41) is 6.68. The van der Waals surface area contributed by atoms with Gasteiger partial charge in [0.1, 0.15) is 0 Å². The normalized spacial score (nSPS) is 37.1. The minimum atomic E-state index is 0.0332. The molecule has 4 heteroatoms. The van der Waals surface area contributed by atoms with Gasteiger partial charge in [0.15, 0.2) is 0 Å². The minimum absolute atomic E-state index is 0.0332. The molecule has 1 heterocycles. The third kappa shape index (κ3) is 2.54. The third-order valence-electron chi connectivity index (χ3n) is 4.95. The van der Waals surface area contributed by atoms with Gasteiger partial charge in [-0.15, -0.1) is 0 Å². The Bertz CT molecular complexity index is 302. The Hall–Kier alpha value is -0.610. The van der Waals surface area contributed by atoms with E-state index in [2.05, 4.69) is 10.6 Å². The molecule has 0 spiro atoms. The lowest BCUT2D eigenvalue weighted by molar-refractivity contribution is -0.123. The molecule has 1 aliphatic heterocycles. The number of hydrogen-bond acceptors (Lipinski definition) is 3. The average Bonchev–Trinajstić information content (AvgIpc) is 3.13. The Morgan fingerprint density at radius 1 is 1.28 bits per heavy atom. The first-order chi connectivity index (χ1) is 8.78. The summed E-state index contributed by atoms with van der Waals surface area (Å²) in [5.41, 5.74) is 5.74. The van der Waals surface area contributed by atoms with Gasteiger partial charge in [0.2, 0.25) is 5.91 Å². The molecule has 2 aliphatic carbocycles. The number of fused-ring (bicyclic) bond motifs is 1. The largest absolute Gasteiger partial charge is 0.350 e. The molecule has 0 radical (unpaired) electrons. The predicted octanol–water partition coefficient (Wildman–Crippen LogP) is 0.761. The van der Waals surface area contributed by atoms with Crippen molar-refractivity contribution in [3.05, 3.63) is 0 Å². The van der Waals surface area contributed by atoms with Crippen LogP contribution in [0.4, 0.5) is 0 Å². The molecule has 18 heavy (non-hydrogen) atoms. The molecule has 4 N–H and O–H groups in total. The smallest absolute Gasteiger partial charge is 0.237 e. The van der Waals surface area contributed by atoms with Gasteiger partial charge < -0.3 is 16.4 Å². The maximum Gasteiger partial charge on any atom is 0.237 e. The van der Waals surface area contributed by atoms with E-state index in [1.807, 2.05) is 0 Å². The van der Waals surface area contributed by atoms with Gasteiger partial charge in [0.05, 0.1) is 6.04 Å². The zero-order chi connectivity index (χ0) is 12.5. The predicted molar refractivity (Wildman–Crippen MR) is 71.0 cm³/mol. The fourth-order valence-electron chi connectivity index (χ4n) is 3.67. The van der Waals surface area contributed by atoms with Gasteiger partial charge in [-0.05, 0) is 43.9 Å². The van der Waals surface area contributed by atoms with Crippen molar-refractivity contribution in [1.82, 2.24) is 10.6 Å². The van der Waals surface area contributed by atoms with E-state index in [9.17, 15) is 4.79 Å². The van der Waals surface area contributed by atoms with Gasteiger partial charge >= 0.3 is 0 Å². The van der Waals surface area contributed by atoms with Crippen LogP contribution in [0.1, 0.15) is 44.9 Å². The summed E-state index contributed by atoms with van der Waals surface area (Å²) in [6.45, 7) is 0.579. The molecule has 0 aromatic heterocycles. The highest BCUT2D eigenvalue weighted by atomic mass is 16.2. The lowest BCUT2D eigenvalue weighted by Crippen LogP contribution is -2.49. The van der Waals surface area contributed by atoms with Gasteiger partial charge in [0.25, 0.3) is 0 Å². The fourth-order valence-corrected chi connectivity index (χ4v) is 3.67. The van der Waals surface area contributed by atoms with Crippen molar-refractivity contribution in [1.29, 1.82) is 0 Å². The lowest BCUT2D eigenvalue weighted by atomic mass is 9.85. The first-order valence-corrected chi connectivity index (χ1v) is 7.54. The molecule has 0 aromatic carbocycles. The van der Waals surface area contributed by atoms with E-state index >= 15 is 0 Å². The van der Waals surface area contributed by atoms with Crippen LogP contribution < -0.4 is 16.4 Å². The fraction of sp³-hybridized carbons (Fsp3) is 0.929. The topological polar surface area (TPSA) is 67.1 Å². The minimum Gasteiger partial charge on any atom is -0.350 e. The molecule has 2 saturated carbocycles. The van der Waals surface area contributed by atoms with Crippen LogP contribution in [0.2, 0.25) is 0 Å². The van der Waals surface area contributed by atoms with Crippen LogP contribution in [0, 0.1) is 11.8 Å². The zero-order valence-corrected chi connectivity index (χ0v) is 11.0. The zero-order valence-electron chi connectivity index (χ0n) is 11.0. The van der Waals surface area contributed by atoms with Crippen molar-refractivity contribution in [3.8, 4) is 0 Å². The number of rotatable bonds is 4. The van der Waals surface area contributed by atoms with E-state index in [1.54, 1.807) is 0 Å². The highest BCUT2D eigenvalue weighted by molar-refractivity contribution is 5.82. The Labute approximate surface area is 109 Å². The molecule has 4 unspecified atom stereocenters. The van der Waals surface area contributed by atoms with E-state index in [0.717, 1.165) is 12.3 Å². The van der Waals surface area contributed by atoms with E-state index in [-0.39, 0.29) is 18.0 Å². The second kappa shape index (κ2) is 5.17. The van der Waals surface area contributed by atoms with Gasteiger partial charge in [-0.25, -0.2) is 0 Å². The van der Waals surface area contributed by atoms with Crippen molar-refractivity contribution in [2.75, 3.05) is 6.54 Å². The number of carbonyl (C=O) groups excluding carboxylic acids is 1. The second-order valence-corrected chi connectivity index (χ2v) is 6.29. The molecule has 102 valence electrons. The van der Waals surface area contributed by atoms with E-state index in [0.29, 0.717) is 18.5 Å². The monoisotopic (exact) mass is 251 g/mol. The summed E-state index contributed by atoms with van der Waals surface area (Å²) in [5.74, 6) is 1.56. The van der Waals surface area contributed by atoms with Crippen LogP contribution in [-0.4, -0.2) is 30.6 Å². The maximum atomic E-state index is 12.3. The van der Waals surface area contributed by atoms with Crippen molar-refractivity contribution < 1.29 is 4.79 Å². The number of carbonyl (C=O) groups is 1. The Balaban J connectivity index is 1.53. The Morgan fingerprint density at radius 2 is 2.06 bits per heavy atom. The second-order valence-electron chi connectivity index (χ2n) is 6.29. The highest BCUT2D eigenvalue weighted by Crippen LogP contribution is 2.34. The quantitative estimate of drug-likeness (QED) is 0.691. The van der Waals surface area contributed by atoms with Gasteiger partial charge in [-0.3, -0.25) is 4.79 Å².